The summed E-state index contributed by atoms with van der Waals surface area (Å²) in [5.74, 6) is 0. The Morgan fingerprint density at radius 1 is 1.82 bits per heavy atom. The largest absolute Gasteiger partial charge is 0.465 e. The number of amides is 1. The number of alkyl halides is 1. The number of likely N-dealkylation sites (tertiary alicyclic amines) is 1. The molecular formula is C6H11FN2O2. The second kappa shape index (κ2) is 2.65. The maximum absolute atomic E-state index is 13.2. The van der Waals surface area contributed by atoms with Crippen molar-refractivity contribution in [2.45, 2.75) is 12.1 Å². The van der Waals surface area contributed by atoms with Crippen LogP contribution in [-0.2, 0) is 0 Å². The second-order valence-corrected chi connectivity index (χ2v) is 2.81. The summed E-state index contributed by atoms with van der Waals surface area (Å²) in [6.07, 6.45) is -0.853. The first-order valence-corrected chi connectivity index (χ1v) is 3.44. The topological polar surface area (TPSA) is 66.6 Å². The third-order valence-electron chi connectivity index (χ3n) is 1.94. The highest BCUT2D eigenvalue weighted by atomic mass is 19.1. The van der Waals surface area contributed by atoms with Crippen LogP contribution in [0.3, 0.4) is 0 Å². The first-order valence-electron chi connectivity index (χ1n) is 3.44. The van der Waals surface area contributed by atoms with E-state index in [9.17, 15) is 9.18 Å². The standard InChI is InChI=1S/C6H11FN2O2/c7-6(3-8)1-2-9(4-6)5(10)11/h1-4,8H2,(H,10,11)/t6-/m0/s1. The summed E-state index contributed by atoms with van der Waals surface area (Å²) in [6, 6.07) is 0. The Labute approximate surface area is 63.8 Å². The van der Waals surface area contributed by atoms with E-state index >= 15 is 0 Å². The van der Waals surface area contributed by atoms with Gasteiger partial charge in [0.25, 0.3) is 0 Å². The van der Waals surface area contributed by atoms with Crippen LogP contribution in [0.4, 0.5) is 9.18 Å². The van der Waals surface area contributed by atoms with Gasteiger partial charge in [-0.25, -0.2) is 9.18 Å². The van der Waals surface area contributed by atoms with Crippen LogP contribution in [0.5, 0.6) is 0 Å². The summed E-state index contributed by atoms with van der Waals surface area (Å²) in [5, 5.41) is 8.46. The molecule has 1 saturated heterocycles. The van der Waals surface area contributed by atoms with E-state index in [2.05, 4.69) is 0 Å². The SMILES string of the molecule is NC[C@@]1(F)CCN(C(=O)O)C1. The molecule has 5 heteroatoms. The van der Waals surface area contributed by atoms with Crippen molar-refractivity contribution in [3.8, 4) is 0 Å². The summed E-state index contributed by atoms with van der Waals surface area (Å²) in [7, 11) is 0. The summed E-state index contributed by atoms with van der Waals surface area (Å²) in [5.41, 5.74) is 3.65. The van der Waals surface area contributed by atoms with Gasteiger partial charge in [0, 0.05) is 19.5 Å². The average molecular weight is 162 g/mol. The molecule has 4 nitrogen and oxygen atoms in total. The normalized spacial score (nSPS) is 30.9. The van der Waals surface area contributed by atoms with Gasteiger partial charge < -0.3 is 15.7 Å². The van der Waals surface area contributed by atoms with Crippen molar-refractivity contribution in [2.24, 2.45) is 5.73 Å². The minimum atomic E-state index is -1.49. The van der Waals surface area contributed by atoms with Crippen molar-refractivity contribution in [1.82, 2.24) is 4.90 Å². The highest BCUT2D eigenvalue weighted by Gasteiger charge is 2.38. The number of rotatable bonds is 1. The smallest absolute Gasteiger partial charge is 0.407 e. The minimum absolute atomic E-state index is 0.0845. The number of hydrogen-bond acceptors (Lipinski definition) is 2. The molecule has 1 heterocycles. The molecule has 1 rings (SSSR count). The molecule has 3 N–H and O–H groups in total. The zero-order valence-corrected chi connectivity index (χ0v) is 6.09. The first-order chi connectivity index (χ1) is 5.07. The molecule has 0 aromatic rings. The monoisotopic (exact) mass is 162 g/mol. The van der Waals surface area contributed by atoms with Gasteiger partial charge in [0.1, 0.15) is 5.67 Å². The van der Waals surface area contributed by atoms with Crippen molar-refractivity contribution < 1.29 is 14.3 Å². The van der Waals surface area contributed by atoms with Crippen LogP contribution in [0.2, 0.25) is 0 Å². The molecule has 0 bridgehead atoms. The van der Waals surface area contributed by atoms with E-state index < -0.39 is 11.8 Å². The molecule has 0 aromatic heterocycles. The van der Waals surface area contributed by atoms with Crippen molar-refractivity contribution in [1.29, 1.82) is 0 Å². The molecule has 0 aromatic carbocycles. The molecule has 0 aliphatic carbocycles. The average Bonchev–Trinajstić information content (AvgIpc) is 2.33. The maximum atomic E-state index is 13.2. The molecule has 0 spiro atoms. The van der Waals surface area contributed by atoms with Gasteiger partial charge in [-0.15, -0.1) is 0 Å². The number of halogens is 1. The Bertz CT molecular complexity index is 176. The fourth-order valence-electron chi connectivity index (χ4n) is 1.17. The molecular weight excluding hydrogens is 151 g/mol. The highest BCUT2D eigenvalue weighted by molar-refractivity contribution is 5.65. The number of hydrogen-bond donors (Lipinski definition) is 2. The van der Waals surface area contributed by atoms with Crippen molar-refractivity contribution in [3.63, 3.8) is 0 Å². The molecule has 1 amide bonds. The van der Waals surface area contributed by atoms with Gasteiger partial charge in [-0.05, 0) is 0 Å². The molecule has 1 aliphatic heterocycles. The Morgan fingerprint density at radius 2 is 2.45 bits per heavy atom. The Hall–Kier alpha value is -0.840. The van der Waals surface area contributed by atoms with Gasteiger partial charge >= 0.3 is 6.09 Å². The molecule has 64 valence electrons. The van der Waals surface area contributed by atoms with Crippen LogP contribution in [-0.4, -0.2) is 41.4 Å². The molecule has 1 aliphatic rings. The maximum Gasteiger partial charge on any atom is 0.407 e. The summed E-state index contributed by atoms with van der Waals surface area (Å²) in [4.78, 5) is 11.4. The zero-order valence-electron chi connectivity index (χ0n) is 6.09. The van der Waals surface area contributed by atoms with Gasteiger partial charge in [-0.2, -0.15) is 0 Å². The van der Waals surface area contributed by atoms with Crippen LogP contribution in [0.15, 0.2) is 0 Å². The number of nitrogens with two attached hydrogens (primary N) is 1. The van der Waals surface area contributed by atoms with Crippen molar-refractivity contribution >= 4 is 6.09 Å². The zero-order chi connectivity index (χ0) is 8.48. The second-order valence-electron chi connectivity index (χ2n) is 2.81. The third-order valence-corrected chi connectivity index (χ3v) is 1.94. The lowest BCUT2D eigenvalue weighted by atomic mass is 10.1. The third kappa shape index (κ3) is 1.59. The number of carbonyl (C=O) groups is 1. The first kappa shape index (κ1) is 8.26. The van der Waals surface area contributed by atoms with Crippen LogP contribution >= 0.6 is 0 Å². The van der Waals surface area contributed by atoms with E-state index in [0.29, 0.717) is 0 Å². The predicted octanol–water partition coefficient (Wildman–Crippen LogP) is 0.0371. The van der Waals surface area contributed by atoms with Crippen molar-refractivity contribution in [3.05, 3.63) is 0 Å². The quantitative estimate of drug-likeness (QED) is 0.572. The Kier molecular flexibility index (Phi) is 1.99. The Morgan fingerprint density at radius 3 is 2.73 bits per heavy atom. The molecule has 0 unspecified atom stereocenters. The summed E-state index contributed by atoms with van der Waals surface area (Å²) >= 11 is 0. The Balaban J connectivity index is 2.53. The lowest BCUT2D eigenvalue weighted by molar-refractivity contribution is 0.137. The van der Waals surface area contributed by atoms with Gasteiger partial charge in [-0.3, -0.25) is 0 Å². The van der Waals surface area contributed by atoms with Gasteiger partial charge in [0.2, 0.25) is 0 Å². The molecule has 0 radical (unpaired) electrons. The van der Waals surface area contributed by atoms with Crippen molar-refractivity contribution in [2.75, 3.05) is 19.6 Å². The van der Waals surface area contributed by atoms with Gasteiger partial charge in [0.05, 0.1) is 6.54 Å². The lowest BCUT2D eigenvalue weighted by Gasteiger charge is -2.16. The van der Waals surface area contributed by atoms with Gasteiger partial charge in [-0.1, -0.05) is 0 Å². The lowest BCUT2D eigenvalue weighted by Crippen LogP contribution is -2.37. The molecule has 11 heavy (non-hydrogen) atoms. The molecule has 1 fully saturated rings. The molecule has 0 saturated carbocycles. The van der Waals surface area contributed by atoms with Gasteiger partial charge in [0.15, 0.2) is 0 Å². The fourth-order valence-corrected chi connectivity index (χ4v) is 1.17. The summed E-state index contributed by atoms with van der Waals surface area (Å²) < 4.78 is 13.2. The number of nitrogens with zero attached hydrogens (tertiary/aromatic N) is 1. The number of carboxylic acid groups (broad SMARTS) is 1. The van der Waals surface area contributed by atoms with E-state index in [0.717, 1.165) is 4.90 Å². The van der Waals surface area contributed by atoms with Crippen LogP contribution in [0, 0.1) is 0 Å². The fraction of sp³-hybridized carbons (Fsp3) is 0.833. The van der Waals surface area contributed by atoms with Crippen LogP contribution in [0.1, 0.15) is 6.42 Å². The van der Waals surface area contributed by atoms with E-state index in [1.54, 1.807) is 0 Å². The highest BCUT2D eigenvalue weighted by Crippen LogP contribution is 2.23. The van der Waals surface area contributed by atoms with E-state index in [1.807, 2.05) is 0 Å². The van der Waals surface area contributed by atoms with E-state index in [-0.39, 0.29) is 26.1 Å². The van der Waals surface area contributed by atoms with Crippen LogP contribution < -0.4 is 5.73 Å². The van der Waals surface area contributed by atoms with E-state index in [1.165, 1.54) is 0 Å². The van der Waals surface area contributed by atoms with Crippen LogP contribution in [0.25, 0.3) is 0 Å². The summed E-state index contributed by atoms with van der Waals surface area (Å²) in [6.45, 7) is 0.0681. The van der Waals surface area contributed by atoms with E-state index in [4.69, 9.17) is 10.8 Å². The predicted molar refractivity (Wildman–Crippen MR) is 37.1 cm³/mol. The molecule has 1 atom stereocenters. The minimum Gasteiger partial charge on any atom is -0.465 e.